The van der Waals surface area contributed by atoms with Gasteiger partial charge in [0.05, 0.1) is 11.6 Å². The molecule has 3 heteroatoms. The van der Waals surface area contributed by atoms with E-state index < -0.39 is 0 Å². The van der Waals surface area contributed by atoms with Crippen LogP contribution in [0.2, 0.25) is 0 Å². The maximum Gasteiger partial charge on any atom is 0.0826 e. The molecular weight excluding hydrogens is 194 g/mol. The number of fused-ring (bicyclic) bond motifs is 1. The molecule has 0 saturated carbocycles. The first-order chi connectivity index (χ1) is 6.83. The lowest BCUT2D eigenvalue weighted by Gasteiger charge is -2.01. The molecule has 1 aromatic heterocycles. The van der Waals surface area contributed by atoms with Gasteiger partial charge < -0.3 is 9.67 Å². The maximum atomic E-state index is 8.80. The lowest BCUT2D eigenvalue weighted by atomic mass is 10.2. The van der Waals surface area contributed by atoms with E-state index in [-0.39, 0.29) is 6.61 Å². The van der Waals surface area contributed by atoms with Gasteiger partial charge in [-0.1, -0.05) is 24.3 Å². The number of aliphatic hydroxyl groups is 1. The van der Waals surface area contributed by atoms with Gasteiger partial charge in [-0.05, 0) is 0 Å². The van der Waals surface area contributed by atoms with Crippen molar-refractivity contribution in [3.8, 4) is 0 Å². The fourth-order valence-electron chi connectivity index (χ4n) is 1.58. The fourth-order valence-corrected chi connectivity index (χ4v) is 2.47. The molecular formula is C11H13NOS. The Morgan fingerprint density at radius 2 is 2.14 bits per heavy atom. The van der Waals surface area contributed by atoms with Crippen molar-refractivity contribution in [1.82, 2.24) is 4.57 Å². The molecule has 74 valence electrons. The molecule has 2 rings (SSSR count). The first-order valence-corrected chi connectivity index (χ1v) is 5.59. The van der Waals surface area contributed by atoms with Crippen LogP contribution in [0.3, 0.4) is 0 Å². The third-order valence-electron chi connectivity index (χ3n) is 2.17. The van der Waals surface area contributed by atoms with E-state index in [2.05, 4.69) is 22.9 Å². The average molecular weight is 207 g/mol. The molecule has 0 radical (unpaired) electrons. The van der Waals surface area contributed by atoms with E-state index in [4.69, 9.17) is 5.11 Å². The molecule has 0 saturated heterocycles. The standard InChI is InChI=1S/C11H13NOS/c1-12-8-9-4-2-3-5-10(9)11(12)14-7-6-13/h2-5,8,13H,6-7H2,1H3. The summed E-state index contributed by atoms with van der Waals surface area (Å²) in [5, 5.41) is 12.6. The lowest BCUT2D eigenvalue weighted by Crippen LogP contribution is -1.91. The highest BCUT2D eigenvalue weighted by molar-refractivity contribution is 7.99. The number of nitrogens with zero attached hydrogens (tertiary/aromatic N) is 1. The van der Waals surface area contributed by atoms with E-state index >= 15 is 0 Å². The van der Waals surface area contributed by atoms with E-state index in [9.17, 15) is 0 Å². The molecule has 0 atom stereocenters. The molecule has 0 unspecified atom stereocenters. The van der Waals surface area contributed by atoms with Crippen molar-refractivity contribution in [3.63, 3.8) is 0 Å². The zero-order chi connectivity index (χ0) is 9.97. The van der Waals surface area contributed by atoms with E-state index in [1.165, 1.54) is 15.8 Å². The molecule has 0 aliphatic carbocycles. The summed E-state index contributed by atoms with van der Waals surface area (Å²) >= 11 is 1.70. The summed E-state index contributed by atoms with van der Waals surface area (Å²) < 4.78 is 2.12. The number of hydrogen-bond donors (Lipinski definition) is 1. The minimum Gasteiger partial charge on any atom is -0.396 e. The van der Waals surface area contributed by atoms with Crippen molar-refractivity contribution in [1.29, 1.82) is 0 Å². The average Bonchev–Trinajstić information content (AvgIpc) is 2.51. The maximum absolute atomic E-state index is 8.80. The second-order valence-corrected chi connectivity index (χ2v) is 4.29. The topological polar surface area (TPSA) is 25.2 Å². The molecule has 0 bridgehead atoms. The van der Waals surface area contributed by atoms with Gasteiger partial charge in [0.2, 0.25) is 0 Å². The zero-order valence-corrected chi connectivity index (χ0v) is 8.92. The van der Waals surface area contributed by atoms with Gasteiger partial charge in [-0.25, -0.2) is 0 Å². The van der Waals surface area contributed by atoms with Crippen LogP contribution >= 0.6 is 11.8 Å². The van der Waals surface area contributed by atoms with Gasteiger partial charge in [-0.15, -0.1) is 11.8 Å². The quantitative estimate of drug-likeness (QED) is 0.781. The zero-order valence-electron chi connectivity index (χ0n) is 8.10. The molecule has 2 aromatic rings. The number of rotatable bonds is 3. The summed E-state index contributed by atoms with van der Waals surface area (Å²) in [6.45, 7) is 0.226. The Labute approximate surface area is 87.5 Å². The summed E-state index contributed by atoms with van der Waals surface area (Å²) in [7, 11) is 2.04. The number of aryl methyl sites for hydroxylation is 1. The van der Waals surface area contributed by atoms with Crippen molar-refractivity contribution in [2.24, 2.45) is 7.05 Å². The Kier molecular flexibility index (Phi) is 2.79. The van der Waals surface area contributed by atoms with Crippen molar-refractivity contribution in [2.75, 3.05) is 12.4 Å². The van der Waals surface area contributed by atoms with E-state index in [1.54, 1.807) is 11.8 Å². The van der Waals surface area contributed by atoms with Gasteiger partial charge in [-0.2, -0.15) is 0 Å². The summed E-state index contributed by atoms with van der Waals surface area (Å²) in [5.41, 5.74) is 0. The van der Waals surface area contributed by atoms with Crippen LogP contribution in [0.1, 0.15) is 0 Å². The summed E-state index contributed by atoms with van der Waals surface area (Å²) in [4.78, 5) is 0. The minimum absolute atomic E-state index is 0.226. The van der Waals surface area contributed by atoms with Crippen LogP contribution < -0.4 is 0 Å². The lowest BCUT2D eigenvalue weighted by molar-refractivity contribution is 0.322. The van der Waals surface area contributed by atoms with E-state index in [0.717, 1.165) is 5.75 Å². The molecule has 1 aromatic carbocycles. The van der Waals surface area contributed by atoms with E-state index in [1.807, 2.05) is 19.2 Å². The second kappa shape index (κ2) is 4.07. The highest BCUT2D eigenvalue weighted by Crippen LogP contribution is 2.28. The smallest absolute Gasteiger partial charge is 0.0826 e. The molecule has 14 heavy (non-hydrogen) atoms. The predicted octanol–water partition coefficient (Wildman–Crippen LogP) is 2.26. The molecule has 0 aliphatic rings. The molecule has 0 amide bonds. The highest BCUT2D eigenvalue weighted by Gasteiger charge is 2.05. The van der Waals surface area contributed by atoms with Crippen LogP contribution in [0, 0.1) is 0 Å². The van der Waals surface area contributed by atoms with Crippen molar-refractivity contribution < 1.29 is 5.11 Å². The minimum atomic E-state index is 0.226. The van der Waals surface area contributed by atoms with Gasteiger partial charge in [0.15, 0.2) is 0 Å². The third kappa shape index (κ3) is 1.65. The number of hydrogen-bond acceptors (Lipinski definition) is 2. The Hall–Kier alpha value is -0.930. The second-order valence-electron chi connectivity index (χ2n) is 3.20. The van der Waals surface area contributed by atoms with E-state index in [0.29, 0.717) is 0 Å². The Morgan fingerprint density at radius 1 is 1.36 bits per heavy atom. The van der Waals surface area contributed by atoms with Gasteiger partial charge in [0.25, 0.3) is 0 Å². The first-order valence-electron chi connectivity index (χ1n) is 4.60. The van der Waals surface area contributed by atoms with Crippen LogP contribution in [0.4, 0.5) is 0 Å². The Morgan fingerprint density at radius 3 is 2.93 bits per heavy atom. The number of aliphatic hydroxyl groups excluding tert-OH is 1. The Balaban J connectivity index is 2.45. The molecule has 2 nitrogen and oxygen atoms in total. The molecule has 0 fully saturated rings. The number of aromatic nitrogens is 1. The molecule has 0 aliphatic heterocycles. The SMILES string of the molecule is Cn1cc2ccccc2c1SCCO. The van der Waals surface area contributed by atoms with Gasteiger partial charge in [0, 0.05) is 29.8 Å². The third-order valence-corrected chi connectivity index (χ3v) is 3.34. The predicted molar refractivity (Wildman–Crippen MR) is 60.7 cm³/mol. The normalized spacial score (nSPS) is 11.0. The van der Waals surface area contributed by atoms with Crippen molar-refractivity contribution >= 4 is 22.5 Å². The van der Waals surface area contributed by atoms with Crippen LogP contribution in [0.5, 0.6) is 0 Å². The molecule has 1 heterocycles. The highest BCUT2D eigenvalue weighted by atomic mass is 32.2. The summed E-state index contributed by atoms with van der Waals surface area (Å²) in [5.74, 6) is 0.752. The molecule has 1 N–H and O–H groups in total. The van der Waals surface area contributed by atoms with Gasteiger partial charge in [-0.3, -0.25) is 0 Å². The van der Waals surface area contributed by atoms with Gasteiger partial charge in [0.1, 0.15) is 0 Å². The van der Waals surface area contributed by atoms with Crippen LogP contribution in [0.25, 0.3) is 10.8 Å². The van der Waals surface area contributed by atoms with Crippen LogP contribution in [-0.4, -0.2) is 22.0 Å². The van der Waals surface area contributed by atoms with Gasteiger partial charge >= 0.3 is 0 Å². The monoisotopic (exact) mass is 207 g/mol. The van der Waals surface area contributed by atoms with Crippen molar-refractivity contribution in [2.45, 2.75) is 5.03 Å². The van der Waals surface area contributed by atoms with Crippen LogP contribution in [0.15, 0.2) is 35.5 Å². The Bertz CT molecular complexity index is 436. The summed E-state index contributed by atoms with van der Waals surface area (Å²) in [6, 6.07) is 8.32. The number of thioether (sulfide) groups is 1. The van der Waals surface area contributed by atoms with Crippen LogP contribution in [-0.2, 0) is 7.05 Å². The fraction of sp³-hybridized carbons (Fsp3) is 0.273. The largest absolute Gasteiger partial charge is 0.396 e. The molecule has 0 spiro atoms. The number of benzene rings is 1. The van der Waals surface area contributed by atoms with Crippen molar-refractivity contribution in [3.05, 3.63) is 30.5 Å². The first kappa shape index (κ1) is 9.62. The summed E-state index contributed by atoms with van der Waals surface area (Å²) in [6.07, 6.45) is 2.12.